The van der Waals surface area contributed by atoms with Gasteiger partial charge in [0.05, 0.1) is 6.61 Å². The molecule has 4 nitrogen and oxygen atoms in total. The van der Waals surface area contributed by atoms with Gasteiger partial charge < -0.3 is 14.7 Å². The third kappa shape index (κ3) is 5.72. The van der Waals surface area contributed by atoms with E-state index in [0.717, 1.165) is 0 Å². The average molecular weight is 135 g/mol. The smallest absolute Gasteiger partial charge is 0.156 e. The minimum Gasteiger partial charge on any atom is -0.368 e. The first-order chi connectivity index (χ1) is 4.31. The summed E-state index contributed by atoms with van der Waals surface area (Å²) < 4.78 is 4.76. The highest BCUT2D eigenvalue weighted by Crippen LogP contribution is 1.91. The van der Waals surface area contributed by atoms with Crippen LogP contribution in [0.15, 0.2) is 0 Å². The summed E-state index contributed by atoms with van der Waals surface area (Å²) in [6.45, 7) is 2.64. The van der Waals surface area contributed by atoms with E-state index in [9.17, 15) is 0 Å². The van der Waals surface area contributed by atoms with Crippen LogP contribution in [0, 0.1) is 0 Å². The summed E-state index contributed by atoms with van der Waals surface area (Å²) in [7, 11) is 0. The van der Waals surface area contributed by atoms with Crippen molar-refractivity contribution in [2.75, 3.05) is 13.2 Å². The normalized spacial score (nSPS) is 13.7. The van der Waals surface area contributed by atoms with Gasteiger partial charge in [-0.1, -0.05) is 0 Å². The van der Waals surface area contributed by atoms with Gasteiger partial charge in [0, 0.05) is 13.0 Å². The van der Waals surface area contributed by atoms with Crippen molar-refractivity contribution < 1.29 is 14.7 Å². The van der Waals surface area contributed by atoms with Crippen molar-refractivity contribution >= 4 is 0 Å². The van der Waals surface area contributed by atoms with Crippen LogP contribution in [0.25, 0.3) is 0 Å². The van der Waals surface area contributed by atoms with Crippen molar-refractivity contribution in [1.82, 2.24) is 0 Å². The maximum atomic E-state index is 8.82. The van der Waals surface area contributed by atoms with E-state index < -0.39 is 6.29 Å². The Morgan fingerprint density at radius 2 is 2.33 bits per heavy atom. The molecule has 0 saturated heterocycles. The van der Waals surface area contributed by atoms with Gasteiger partial charge >= 0.3 is 0 Å². The van der Waals surface area contributed by atoms with E-state index in [1.807, 2.05) is 6.92 Å². The van der Waals surface area contributed by atoms with Crippen LogP contribution >= 0.6 is 0 Å². The summed E-state index contributed by atoms with van der Waals surface area (Å²) >= 11 is 0. The van der Waals surface area contributed by atoms with Crippen LogP contribution in [-0.2, 0) is 9.57 Å². The monoisotopic (exact) mass is 135 g/mol. The summed E-state index contributed by atoms with van der Waals surface area (Å²) in [5, 5.41) is 8.82. The van der Waals surface area contributed by atoms with Crippen LogP contribution in [0.5, 0.6) is 0 Å². The molecule has 0 aromatic rings. The molecule has 0 fully saturated rings. The molecular weight excluding hydrogens is 122 g/mol. The molecule has 3 N–H and O–H groups in total. The minimum absolute atomic E-state index is 0.321. The molecule has 0 radical (unpaired) electrons. The molecule has 0 spiro atoms. The van der Waals surface area contributed by atoms with Gasteiger partial charge in [-0.05, 0) is 6.92 Å². The van der Waals surface area contributed by atoms with Crippen LogP contribution in [0.1, 0.15) is 13.3 Å². The standard InChI is InChI=1S/C5H13NO3/c1-2-8-5(7)3-4-9-6/h5,7H,2-4,6H2,1H3. The molecule has 0 aliphatic carbocycles. The lowest BCUT2D eigenvalue weighted by molar-refractivity contribution is -0.109. The molecule has 4 heteroatoms. The molecule has 9 heavy (non-hydrogen) atoms. The molecule has 0 aliphatic heterocycles. The van der Waals surface area contributed by atoms with Crippen molar-refractivity contribution in [3.05, 3.63) is 0 Å². The first kappa shape index (κ1) is 8.84. The molecule has 0 aromatic carbocycles. The molecule has 0 heterocycles. The van der Waals surface area contributed by atoms with E-state index >= 15 is 0 Å². The maximum absolute atomic E-state index is 8.82. The van der Waals surface area contributed by atoms with E-state index in [0.29, 0.717) is 19.6 Å². The molecule has 0 aromatic heterocycles. The van der Waals surface area contributed by atoms with Crippen LogP contribution in [0.3, 0.4) is 0 Å². The lowest BCUT2D eigenvalue weighted by atomic mass is 10.4. The van der Waals surface area contributed by atoms with Crippen LogP contribution in [0.4, 0.5) is 0 Å². The van der Waals surface area contributed by atoms with Crippen molar-refractivity contribution in [2.45, 2.75) is 19.6 Å². The third-order valence-electron chi connectivity index (χ3n) is 0.842. The zero-order chi connectivity index (χ0) is 7.11. The van der Waals surface area contributed by atoms with Crippen molar-refractivity contribution in [3.63, 3.8) is 0 Å². The van der Waals surface area contributed by atoms with E-state index in [4.69, 9.17) is 15.7 Å². The molecule has 1 unspecified atom stereocenters. The van der Waals surface area contributed by atoms with Gasteiger partial charge in [0.1, 0.15) is 0 Å². The van der Waals surface area contributed by atoms with Gasteiger partial charge in [0.15, 0.2) is 6.29 Å². The summed E-state index contributed by atoms with van der Waals surface area (Å²) in [5.41, 5.74) is 0. The highest BCUT2D eigenvalue weighted by Gasteiger charge is 1.99. The van der Waals surface area contributed by atoms with Gasteiger partial charge in [-0.25, -0.2) is 5.90 Å². The Bertz CT molecular complexity index is 60.2. The predicted molar refractivity (Wildman–Crippen MR) is 32.4 cm³/mol. The maximum Gasteiger partial charge on any atom is 0.156 e. The molecule has 0 amide bonds. The molecule has 1 atom stereocenters. The molecule has 0 bridgehead atoms. The highest BCUT2D eigenvalue weighted by atomic mass is 16.6. The van der Waals surface area contributed by atoms with Crippen molar-refractivity contribution in [1.29, 1.82) is 0 Å². The Kier molecular flexibility index (Phi) is 5.86. The number of hydrogen-bond donors (Lipinski definition) is 2. The van der Waals surface area contributed by atoms with Gasteiger partial charge in [0.25, 0.3) is 0 Å². The largest absolute Gasteiger partial charge is 0.368 e. The zero-order valence-corrected chi connectivity index (χ0v) is 5.54. The Labute approximate surface area is 54.5 Å². The topological polar surface area (TPSA) is 64.7 Å². The molecule has 0 rings (SSSR count). The van der Waals surface area contributed by atoms with Crippen molar-refractivity contribution in [3.8, 4) is 0 Å². The molecule has 56 valence electrons. The third-order valence-corrected chi connectivity index (χ3v) is 0.842. The Morgan fingerprint density at radius 3 is 2.78 bits per heavy atom. The quantitative estimate of drug-likeness (QED) is 0.398. The lowest BCUT2D eigenvalue weighted by Crippen LogP contribution is -2.15. The summed E-state index contributed by atoms with van der Waals surface area (Å²) in [6, 6.07) is 0. The van der Waals surface area contributed by atoms with E-state index in [-0.39, 0.29) is 0 Å². The number of ether oxygens (including phenoxy) is 1. The second kappa shape index (κ2) is 5.97. The van der Waals surface area contributed by atoms with E-state index in [1.54, 1.807) is 0 Å². The lowest BCUT2D eigenvalue weighted by Gasteiger charge is -2.07. The predicted octanol–water partition coefficient (Wildman–Crippen LogP) is -0.378. The number of rotatable bonds is 5. The van der Waals surface area contributed by atoms with Crippen molar-refractivity contribution in [2.24, 2.45) is 5.90 Å². The second-order valence-corrected chi connectivity index (χ2v) is 1.57. The highest BCUT2D eigenvalue weighted by molar-refractivity contribution is 4.37. The zero-order valence-electron chi connectivity index (χ0n) is 5.54. The van der Waals surface area contributed by atoms with Gasteiger partial charge in [-0.15, -0.1) is 0 Å². The number of hydrogen-bond acceptors (Lipinski definition) is 4. The van der Waals surface area contributed by atoms with E-state index in [1.165, 1.54) is 0 Å². The number of nitrogens with two attached hydrogens (primary N) is 1. The SMILES string of the molecule is CCOC(O)CCON. The fourth-order valence-electron chi connectivity index (χ4n) is 0.445. The first-order valence-electron chi connectivity index (χ1n) is 2.92. The second-order valence-electron chi connectivity index (χ2n) is 1.57. The molecular formula is C5H13NO3. The molecule has 0 saturated carbocycles. The van der Waals surface area contributed by atoms with Crippen LogP contribution in [0.2, 0.25) is 0 Å². The Morgan fingerprint density at radius 1 is 1.67 bits per heavy atom. The Balaban J connectivity index is 2.95. The first-order valence-corrected chi connectivity index (χ1v) is 2.92. The minimum atomic E-state index is -0.737. The number of aliphatic hydroxyl groups is 1. The van der Waals surface area contributed by atoms with E-state index in [2.05, 4.69) is 4.84 Å². The summed E-state index contributed by atoms with van der Waals surface area (Å²) in [5.74, 6) is 4.71. The summed E-state index contributed by atoms with van der Waals surface area (Å²) in [6.07, 6.45) is -0.316. The van der Waals surface area contributed by atoms with Gasteiger partial charge in [-0.3, -0.25) is 0 Å². The molecule has 0 aliphatic rings. The number of aliphatic hydroxyl groups excluding tert-OH is 1. The van der Waals surface area contributed by atoms with Gasteiger partial charge in [-0.2, -0.15) is 0 Å². The van der Waals surface area contributed by atoms with Gasteiger partial charge in [0.2, 0.25) is 0 Å². The fraction of sp³-hybridized carbons (Fsp3) is 1.00. The van der Waals surface area contributed by atoms with Crippen LogP contribution < -0.4 is 5.90 Å². The average Bonchev–Trinajstić information content (AvgIpc) is 1.85. The fourth-order valence-corrected chi connectivity index (χ4v) is 0.445. The summed E-state index contributed by atoms with van der Waals surface area (Å²) in [4.78, 5) is 4.22. The Hall–Kier alpha value is -0.160. The van der Waals surface area contributed by atoms with Crippen LogP contribution in [-0.4, -0.2) is 24.6 Å².